The molecule has 0 radical (unpaired) electrons. The summed E-state index contributed by atoms with van der Waals surface area (Å²) in [7, 11) is 1.68. The summed E-state index contributed by atoms with van der Waals surface area (Å²) in [5, 5.41) is 7.18. The molecule has 0 atom stereocenters. The first-order chi connectivity index (χ1) is 14.1. The van der Waals surface area contributed by atoms with Crippen LogP contribution in [0.3, 0.4) is 0 Å². The Morgan fingerprint density at radius 1 is 0.793 bits per heavy atom. The summed E-state index contributed by atoms with van der Waals surface area (Å²) >= 11 is 0. The molecule has 29 heavy (non-hydrogen) atoms. The predicted octanol–water partition coefficient (Wildman–Crippen LogP) is 5.87. The molecule has 0 unspecified atom stereocenters. The molecule has 5 rings (SSSR count). The first kappa shape index (κ1) is 17.4. The Kier molecular flexibility index (Phi) is 4.06. The first-order valence-electron chi connectivity index (χ1n) is 9.63. The van der Waals surface area contributed by atoms with E-state index in [0.717, 1.165) is 44.5 Å². The Morgan fingerprint density at radius 3 is 2.24 bits per heavy atom. The minimum atomic E-state index is 0.825. The zero-order chi connectivity index (χ0) is 20.0. The number of fused-ring (bicyclic) bond motifs is 3. The summed E-state index contributed by atoms with van der Waals surface area (Å²) in [5.41, 5.74) is 7.47. The number of pyridine rings is 1. The average molecular weight is 379 g/mol. The van der Waals surface area contributed by atoms with Crippen LogP contribution >= 0.6 is 0 Å². The van der Waals surface area contributed by atoms with Gasteiger partial charge in [0, 0.05) is 22.5 Å². The maximum atomic E-state index is 5.32. The number of nitrogens with zero attached hydrogens (tertiary/aromatic N) is 3. The minimum absolute atomic E-state index is 0.825. The molecule has 0 saturated carbocycles. The highest BCUT2D eigenvalue weighted by Crippen LogP contribution is 2.34. The lowest BCUT2D eigenvalue weighted by atomic mass is 10.0. The van der Waals surface area contributed by atoms with E-state index in [0.29, 0.717) is 0 Å². The van der Waals surface area contributed by atoms with Crippen molar-refractivity contribution in [1.29, 1.82) is 0 Å². The van der Waals surface area contributed by atoms with Gasteiger partial charge in [-0.25, -0.2) is 4.68 Å². The zero-order valence-corrected chi connectivity index (χ0v) is 16.7. The van der Waals surface area contributed by atoms with Crippen LogP contribution in [0.15, 0.2) is 72.9 Å². The summed E-state index contributed by atoms with van der Waals surface area (Å²) < 4.78 is 7.35. The number of methoxy groups -OCH3 is 1. The van der Waals surface area contributed by atoms with E-state index in [-0.39, 0.29) is 0 Å². The van der Waals surface area contributed by atoms with Gasteiger partial charge in [-0.2, -0.15) is 5.10 Å². The molecule has 2 heterocycles. The Labute approximate surface area is 169 Å². The third kappa shape index (κ3) is 2.93. The van der Waals surface area contributed by atoms with Crippen LogP contribution < -0.4 is 4.74 Å². The number of ether oxygens (including phenoxy) is 1. The number of aromatic nitrogens is 3. The van der Waals surface area contributed by atoms with Crippen molar-refractivity contribution in [1.82, 2.24) is 14.8 Å². The molecule has 142 valence electrons. The standard InChI is InChI=1S/C25H21N3O/c1-16-4-7-18(8-5-16)24-22-15-26-23-13-6-17(2)14-21(23)25(22)28(27-24)19-9-11-20(29-3)12-10-19/h4-15H,1-3H3. The smallest absolute Gasteiger partial charge is 0.119 e. The summed E-state index contributed by atoms with van der Waals surface area (Å²) in [5.74, 6) is 0.825. The quantitative estimate of drug-likeness (QED) is 0.394. The van der Waals surface area contributed by atoms with Gasteiger partial charge in [-0.15, -0.1) is 0 Å². The summed E-state index contributed by atoms with van der Waals surface area (Å²) in [4.78, 5) is 4.72. The van der Waals surface area contributed by atoms with Gasteiger partial charge in [-0.1, -0.05) is 41.5 Å². The van der Waals surface area contributed by atoms with E-state index >= 15 is 0 Å². The molecular weight excluding hydrogens is 358 g/mol. The molecule has 3 aromatic carbocycles. The van der Waals surface area contributed by atoms with E-state index in [9.17, 15) is 0 Å². The van der Waals surface area contributed by atoms with Crippen LogP contribution in [0, 0.1) is 13.8 Å². The normalized spacial score (nSPS) is 11.3. The molecule has 0 N–H and O–H groups in total. The second-order valence-electron chi connectivity index (χ2n) is 7.37. The van der Waals surface area contributed by atoms with Crippen LogP contribution in [0.5, 0.6) is 5.75 Å². The minimum Gasteiger partial charge on any atom is -0.497 e. The van der Waals surface area contributed by atoms with Gasteiger partial charge in [0.2, 0.25) is 0 Å². The van der Waals surface area contributed by atoms with Gasteiger partial charge in [-0.3, -0.25) is 4.98 Å². The monoisotopic (exact) mass is 379 g/mol. The van der Waals surface area contributed by atoms with Crippen molar-refractivity contribution in [3.05, 3.63) is 84.1 Å². The second kappa shape index (κ2) is 6.74. The van der Waals surface area contributed by atoms with Gasteiger partial charge >= 0.3 is 0 Å². The molecule has 4 nitrogen and oxygen atoms in total. The third-order valence-electron chi connectivity index (χ3n) is 5.30. The van der Waals surface area contributed by atoms with Crippen molar-refractivity contribution in [2.24, 2.45) is 0 Å². The highest BCUT2D eigenvalue weighted by Gasteiger charge is 2.17. The second-order valence-corrected chi connectivity index (χ2v) is 7.37. The van der Waals surface area contributed by atoms with Crippen molar-refractivity contribution in [2.75, 3.05) is 7.11 Å². The molecule has 0 fully saturated rings. The van der Waals surface area contributed by atoms with Crippen LogP contribution in [-0.4, -0.2) is 21.9 Å². The van der Waals surface area contributed by atoms with Crippen molar-refractivity contribution in [3.63, 3.8) is 0 Å². The molecule has 2 aromatic heterocycles. The molecule has 0 spiro atoms. The lowest BCUT2D eigenvalue weighted by Crippen LogP contribution is -1.97. The molecule has 5 aromatic rings. The Balaban J connectivity index is 1.86. The number of hydrogen-bond acceptors (Lipinski definition) is 3. The van der Waals surface area contributed by atoms with Crippen molar-refractivity contribution >= 4 is 21.8 Å². The molecule has 0 aliphatic heterocycles. The van der Waals surface area contributed by atoms with Crippen LogP contribution in [0.4, 0.5) is 0 Å². The maximum absolute atomic E-state index is 5.32. The molecule has 0 amide bonds. The third-order valence-corrected chi connectivity index (χ3v) is 5.30. The topological polar surface area (TPSA) is 39.9 Å². The zero-order valence-electron chi connectivity index (χ0n) is 16.7. The molecule has 4 heteroatoms. The van der Waals surface area contributed by atoms with Gasteiger partial charge in [0.15, 0.2) is 0 Å². The van der Waals surface area contributed by atoms with E-state index in [1.165, 1.54) is 11.1 Å². The largest absolute Gasteiger partial charge is 0.497 e. The van der Waals surface area contributed by atoms with Gasteiger partial charge in [0.1, 0.15) is 11.4 Å². The highest BCUT2D eigenvalue weighted by molar-refractivity contribution is 6.08. The van der Waals surface area contributed by atoms with Crippen molar-refractivity contribution in [2.45, 2.75) is 13.8 Å². The summed E-state index contributed by atoms with van der Waals surface area (Å²) in [6.07, 6.45) is 1.94. The molecule has 0 aliphatic carbocycles. The number of rotatable bonds is 3. The fraction of sp³-hybridized carbons (Fsp3) is 0.120. The van der Waals surface area contributed by atoms with Crippen LogP contribution in [-0.2, 0) is 0 Å². The van der Waals surface area contributed by atoms with Gasteiger partial charge in [0.25, 0.3) is 0 Å². The predicted molar refractivity (Wildman–Crippen MR) is 118 cm³/mol. The van der Waals surface area contributed by atoms with Crippen LogP contribution in [0.1, 0.15) is 11.1 Å². The van der Waals surface area contributed by atoms with Gasteiger partial charge < -0.3 is 4.74 Å². The van der Waals surface area contributed by atoms with E-state index in [1.807, 2.05) is 35.1 Å². The van der Waals surface area contributed by atoms with E-state index in [1.54, 1.807) is 7.11 Å². The van der Waals surface area contributed by atoms with E-state index < -0.39 is 0 Å². The Hall–Kier alpha value is -3.66. The molecular formula is C25H21N3O. The van der Waals surface area contributed by atoms with Gasteiger partial charge in [0.05, 0.1) is 23.8 Å². The molecule has 0 bridgehead atoms. The summed E-state index contributed by atoms with van der Waals surface area (Å²) in [6.45, 7) is 4.20. The fourth-order valence-electron chi connectivity index (χ4n) is 3.73. The molecule has 0 saturated heterocycles. The van der Waals surface area contributed by atoms with Gasteiger partial charge in [-0.05, 0) is 50.2 Å². The SMILES string of the molecule is COc1ccc(-n2nc(-c3ccc(C)cc3)c3cnc4ccc(C)cc4c32)cc1. The Bertz CT molecular complexity index is 1330. The first-order valence-corrected chi connectivity index (χ1v) is 9.63. The molecule has 0 aliphatic rings. The highest BCUT2D eigenvalue weighted by atomic mass is 16.5. The maximum Gasteiger partial charge on any atom is 0.119 e. The fourth-order valence-corrected chi connectivity index (χ4v) is 3.73. The Morgan fingerprint density at radius 2 is 1.52 bits per heavy atom. The van der Waals surface area contributed by atoms with Crippen molar-refractivity contribution < 1.29 is 4.74 Å². The van der Waals surface area contributed by atoms with E-state index in [4.69, 9.17) is 14.8 Å². The number of hydrogen-bond donors (Lipinski definition) is 0. The van der Waals surface area contributed by atoms with Crippen molar-refractivity contribution in [3.8, 4) is 22.7 Å². The summed E-state index contributed by atoms with van der Waals surface area (Å²) in [6, 6.07) is 22.8. The van der Waals surface area contributed by atoms with Crippen LogP contribution in [0.25, 0.3) is 38.8 Å². The number of aryl methyl sites for hydroxylation is 2. The lowest BCUT2D eigenvalue weighted by molar-refractivity contribution is 0.414. The van der Waals surface area contributed by atoms with Crippen LogP contribution in [0.2, 0.25) is 0 Å². The van der Waals surface area contributed by atoms with E-state index in [2.05, 4.69) is 56.3 Å². The average Bonchev–Trinajstić information content (AvgIpc) is 3.14. The lowest BCUT2D eigenvalue weighted by Gasteiger charge is -2.07. The number of benzene rings is 3.